The Morgan fingerprint density at radius 1 is 1.00 bits per heavy atom. The molecule has 32 heavy (non-hydrogen) atoms. The number of halogens is 1. The number of rotatable bonds is 8. The van der Waals surface area contributed by atoms with E-state index in [4.69, 9.17) is 16.3 Å². The Bertz CT molecular complexity index is 1190. The molecule has 0 aromatic heterocycles. The number of sulfonamides is 1. The van der Waals surface area contributed by atoms with Gasteiger partial charge in [-0.25, -0.2) is 8.42 Å². The molecule has 8 heteroatoms. The maximum atomic E-state index is 13.0. The van der Waals surface area contributed by atoms with Gasteiger partial charge in [0.25, 0.3) is 15.9 Å². The molecule has 0 aliphatic heterocycles. The van der Waals surface area contributed by atoms with Gasteiger partial charge in [-0.1, -0.05) is 35.4 Å². The molecule has 6 nitrogen and oxygen atoms in total. The van der Waals surface area contributed by atoms with E-state index >= 15 is 0 Å². The fourth-order valence-electron chi connectivity index (χ4n) is 3.05. The standard InChI is InChI=1S/C24H25ClN2O4S/c1-4-27(32(29,30)22-13-5-17(2)6-14-22)20-9-11-21(12-10-20)31-16-24(28)26-19-8-7-18(3)23(25)15-19/h5-15H,4,16H2,1-3H3,(H,26,28). The lowest BCUT2D eigenvalue weighted by molar-refractivity contribution is -0.118. The number of carbonyl (C=O) groups is 1. The van der Waals surface area contributed by atoms with E-state index in [9.17, 15) is 13.2 Å². The van der Waals surface area contributed by atoms with Crippen molar-refractivity contribution in [3.63, 3.8) is 0 Å². The van der Waals surface area contributed by atoms with Crippen LogP contribution in [0.2, 0.25) is 5.02 Å². The molecule has 3 aromatic carbocycles. The van der Waals surface area contributed by atoms with Crippen LogP contribution >= 0.6 is 11.6 Å². The maximum absolute atomic E-state index is 13.0. The topological polar surface area (TPSA) is 75.7 Å². The van der Waals surface area contributed by atoms with E-state index in [0.29, 0.717) is 22.1 Å². The van der Waals surface area contributed by atoms with Crippen molar-refractivity contribution in [2.75, 3.05) is 22.8 Å². The molecule has 3 aromatic rings. The van der Waals surface area contributed by atoms with Crippen LogP contribution in [0, 0.1) is 13.8 Å². The van der Waals surface area contributed by atoms with Crippen LogP contribution in [0.4, 0.5) is 11.4 Å². The maximum Gasteiger partial charge on any atom is 0.264 e. The smallest absolute Gasteiger partial charge is 0.264 e. The minimum Gasteiger partial charge on any atom is -0.484 e. The Hall–Kier alpha value is -3.03. The monoisotopic (exact) mass is 472 g/mol. The molecule has 0 aliphatic carbocycles. The van der Waals surface area contributed by atoms with Crippen molar-refractivity contribution >= 4 is 38.9 Å². The summed E-state index contributed by atoms with van der Waals surface area (Å²) in [5.74, 6) is 0.126. The average Bonchev–Trinajstić information content (AvgIpc) is 2.76. The molecule has 0 saturated heterocycles. The van der Waals surface area contributed by atoms with Gasteiger partial charge in [0.15, 0.2) is 6.61 Å². The molecule has 0 spiro atoms. The van der Waals surface area contributed by atoms with Gasteiger partial charge in [0.2, 0.25) is 0 Å². The second-order valence-electron chi connectivity index (χ2n) is 7.28. The molecular formula is C24H25ClN2O4S. The zero-order valence-corrected chi connectivity index (χ0v) is 19.7. The molecule has 1 N–H and O–H groups in total. The Kier molecular flexibility index (Phi) is 7.43. The van der Waals surface area contributed by atoms with E-state index in [2.05, 4.69) is 5.32 Å². The van der Waals surface area contributed by atoms with E-state index in [0.717, 1.165) is 11.1 Å². The summed E-state index contributed by atoms with van der Waals surface area (Å²) >= 11 is 6.07. The summed E-state index contributed by atoms with van der Waals surface area (Å²) in [4.78, 5) is 12.4. The third-order valence-corrected chi connectivity index (χ3v) is 7.17. The average molecular weight is 473 g/mol. The first-order valence-corrected chi connectivity index (χ1v) is 11.9. The Morgan fingerprint density at radius 2 is 1.66 bits per heavy atom. The van der Waals surface area contributed by atoms with E-state index in [-0.39, 0.29) is 24.0 Å². The zero-order chi connectivity index (χ0) is 23.3. The fourth-order valence-corrected chi connectivity index (χ4v) is 4.71. The lowest BCUT2D eigenvalue weighted by atomic mass is 10.2. The van der Waals surface area contributed by atoms with Gasteiger partial charge in [-0.05, 0) is 74.9 Å². The van der Waals surface area contributed by atoms with Crippen molar-refractivity contribution in [3.05, 3.63) is 82.9 Å². The van der Waals surface area contributed by atoms with Crippen LogP contribution in [0.25, 0.3) is 0 Å². The molecule has 0 radical (unpaired) electrons. The number of hydrogen-bond donors (Lipinski definition) is 1. The van der Waals surface area contributed by atoms with E-state index < -0.39 is 10.0 Å². The van der Waals surface area contributed by atoms with Crippen molar-refractivity contribution in [1.29, 1.82) is 0 Å². The normalized spacial score (nSPS) is 11.1. The van der Waals surface area contributed by atoms with Gasteiger partial charge in [0, 0.05) is 17.3 Å². The Morgan fingerprint density at radius 3 is 2.25 bits per heavy atom. The molecule has 0 bridgehead atoms. The molecule has 0 unspecified atom stereocenters. The molecule has 168 valence electrons. The second kappa shape index (κ2) is 10.1. The van der Waals surface area contributed by atoms with Crippen LogP contribution < -0.4 is 14.4 Å². The summed E-state index contributed by atoms with van der Waals surface area (Å²) in [6, 6.07) is 18.6. The number of aryl methyl sites for hydroxylation is 2. The second-order valence-corrected chi connectivity index (χ2v) is 9.55. The number of hydrogen-bond acceptors (Lipinski definition) is 4. The first-order valence-electron chi connectivity index (χ1n) is 10.1. The van der Waals surface area contributed by atoms with Gasteiger partial charge in [0.1, 0.15) is 5.75 Å². The van der Waals surface area contributed by atoms with Gasteiger partial charge in [-0.3, -0.25) is 9.10 Å². The fraction of sp³-hybridized carbons (Fsp3) is 0.208. The first-order chi connectivity index (χ1) is 15.2. The zero-order valence-electron chi connectivity index (χ0n) is 18.1. The van der Waals surface area contributed by atoms with E-state index in [1.807, 2.05) is 19.9 Å². The van der Waals surface area contributed by atoms with Crippen LogP contribution in [0.15, 0.2) is 71.6 Å². The van der Waals surface area contributed by atoms with Crippen molar-refractivity contribution in [2.45, 2.75) is 25.7 Å². The molecule has 0 atom stereocenters. The summed E-state index contributed by atoms with van der Waals surface area (Å²) in [6.07, 6.45) is 0. The number of carbonyl (C=O) groups excluding carboxylic acids is 1. The molecule has 0 saturated carbocycles. The van der Waals surface area contributed by atoms with Gasteiger partial charge in [-0.15, -0.1) is 0 Å². The van der Waals surface area contributed by atoms with Crippen LogP contribution in [0.3, 0.4) is 0 Å². The highest BCUT2D eigenvalue weighted by Gasteiger charge is 2.23. The predicted molar refractivity (Wildman–Crippen MR) is 128 cm³/mol. The van der Waals surface area contributed by atoms with Crippen molar-refractivity contribution in [3.8, 4) is 5.75 Å². The Balaban J connectivity index is 1.65. The molecule has 0 fully saturated rings. The van der Waals surface area contributed by atoms with Crippen molar-refractivity contribution in [1.82, 2.24) is 0 Å². The first kappa shape index (κ1) is 23.6. The van der Waals surface area contributed by atoms with Gasteiger partial charge < -0.3 is 10.1 Å². The Labute approximate surface area is 193 Å². The van der Waals surface area contributed by atoms with Crippen molar-refractivity contribution < 1.29 is 17.9 Å². The molecule has 3 rings (SSSR count). The summed E-state index contributed by atoms with van der Waals surface area (Å²) in [5.41, 5.74) is 3.01. The highest BCUT2D eigenvalue weighted by Crippen LogP contribution is 2.26. The number of amides is 1. The quantitative estimate of drug-likeness (QED) is 0.489. The largest absolute Gasteiger partial charge is 0.484 e. The molecule has 0 heterocycles. The number of benzene rings is 3. The van der Waals surface area contributed by atoms with Crippen LogP contribution in [0.1, 0.15) is 18.1 Å². The SMILES string of the molecule is CCN(c1ccc(OCC(=O)Nc2ccc(C)c(Cl)c2)cc1)S(=O)(=O)c1ccc(C)cc1. The van der Waals surface area contributed by atoms with Crippen molar-refractivity contribution in [2.24, 2.45) is 0 Å². The third kappa shape index (κ3) is 5.60. The van der Waals surface area contributed by atoms with Gasteiger partial charge in [-0.2, -0.15) is 0 Å². The molecular weight excluding hydrogens is 448 g/mol. The highest BCUT2D eigenvalue weighted by atomic mass is 35.5. The van der Waals surface area contributed by atoms with Gasteiger partial charge >= 0.3 is 0 Å². The number of nitrogens with one attached hydrogen (secondary N) is 1. The lowest BCUT2D eigenvalue weighted by Gasteiger charge is -2.23. The van der Waals surface area contributed by atoms with E-state index in [1.165, 1.54) is 4.31 Å². The van der Waals surface area contributed by atoms with Crippen LogP contribution in [-0.2, 0) is 14.8 Å². The van der Waals surface area contributed by atoms with Gasteiger partial charge in [0.05, 0.1) is 10.6 Å². The third-order valence-electron chi connectivity index (χ3n) is 4.85. The molecule has 1 amide bonds. The highest BCUT2D eigenvalue weighted by molar-refractivity contribution is 7.92. The minimum atomic E-state index is -3.68. The number of nitrogens with zero attached hydrogens (tertiary/aromatic N) is 1. The predicted octanol–water partition coefficient (Wildman–Crippen LogP) is 5.19. The minimum absolute atomic E-state index is 0.190. The summed E-state index contributed by atoms with van der Waals surface area (Å²) in [7, 11) is -3.68. The number of ether oxygens (including phenoxy) is 1. The van der Waals surface area contributed by atoms with Crippen LogP contribution in [0.5, 0.6) is 5.75 Å². The molecule has 0 aliphatic rings. The lowest BCUT2D eigenvalue weighted by Crippen LogP contribution is -2.30. The summed E-state index contributed by atoms with van der Waals surface area (Å²) in [5, 5.41) is 3.29. The van der Waals surface area contributed by atoms with Crippen LogP contribution in [-0.4, -0.2) is 27.5 Å². The summed E-state index contributed by atoms with van der Waals surface area (Å²) in [6.45, 7) is 5.65. The van der Waals surface area contributed by atoms with E-state index in [1.54, 1.807) is 67.6 Å². The summed E-state index contributed by atoms with van der Waals surface area (Å²) < 4.78 is 32.9. The number of anilines is 2.